The van der Waals surface area contributed by atoms with E-state index in [2.05, 4.69) is 0 Å². The standard InChI is InChI=1S/C16H17NO4/c17-15(20)9-14(19)16(21)12-3-1-10(2-4-12)11-5-7-13(18)8-6-11/h1-8,14,16,18-19,21H,9H2,(H2,17,20). The molecule has 0 aliphatic carbocycles. The van der Waals surface area contributed by atoms with Crippen LogP contribution in [0.2, 0.25) is 0 Å². The number of phenols is 1. The topological polar surface area (TPSA) is 104 Å². The quantitative estimate of drug-likeness (QED) is 0.666. The van der Waals surface area contributed by atoms with Crippen LogP contribution in [0.25, 0.3) is 11.1 Å². The molecule has 0 bridgehead atoms. The van der Waals surface area contributed by atoms with Crippen molar-refractivity contribution in [2.45, 2.75) is 18.6 Å². The molecule has 21 heavy (non-hydrogen) atoms. The zero-order chi connectivity index (χ0) is 15.4. The van der Waals surface area contributed by atoms with Gasteiger partial charge in [-0.3, -0.25) is 4.79 Å². The Morgan fingerprint density at radius 2 is 1.43 bits per heavy atom. The minimum Gasteiger partial charge on any atom is -0.508 e. The van der Waals surface area contributed by atoms with E-state index in [9.17, 15) is 20.1 Å². The second-order valence-corrected chi connectivity index (χ2v) is 4.85. The fraction of sp³-hybridized carbons (Fsp3) is 0.188. The predicted molar refractivity (Wildman–Crippen MR) is 78.3 cm³/mol. The number of aliphatic hydroxyl groups is 2. The van der Waals surface area contributed by atoms with Gasteiger partial charge in [0, 0.05) is 0 Å². The van der Waals surface area contributed by atoms with Crippen molar-refractivity contribution in [3.63, 3.8) is 0 Å². The van der Waals surface area contributed by atoms with E-state index in [1.807, 2.05) is 0 Å². The van der Waals surface area contributed by atoms with Crippen LogP contribution >= 0.6 is 0 Å². The first kappa shape index (κ1) is 15.0. The molecule has 0 fully saturated rings. The summed E-state index contributed by atoms with van der Waals surface area (Å²) in [7, 11) is 0. The van der Waals surface area contributed by atoms with Gasteiger partial charge in [-0.05, 0) is 28.8 Å². The minimum absolute atomic E-state index is 0.195. The molecule has 0 heterocycles. The smallest absolute Gasteiger partial charge is 0.220 e. The van der Waals surface area contributed by atoms with Gasteiger partial charge >= 0.3 is 0 Å². The lowest BCUT2D eigenvalue weighted by Gasteiger charge is -2.17. The third-order valence-electron chi connectivity index (χ3n) is 3.23. The number of hydrogen-bond acceptors (Lipinski definition) is 4. The van der Waals surface area contributed by atoms with Gasteiger partial charge in [0.1, 0.15) is 11.9 Å². The lowest BCUT2D eigenvalue weighted by molar-refractivity contribution is -0.121. The normalized spacial score (nSPS) is 13.6. The van der Waals surface area contributed by atoms with Gasteiger partial charge in [0.25, 0.3) is 0 Å². The zero-order valence-electron chi connectivity index (χ0n) is 11.3. The molecule has 0 aliphatic rings. The molecule has 2 aromatic rings. The SMILES string of the molecule is NC(=O)CC(O)C(O)c1ccc(-c2ccc(O)cc2)cc1. The maximum Gasteiger partial charge on any atom is 0.220 e. The summed E-state index contributed by atoms with van der Waals surface area (Å²) in [4.78, 5) is 10.7. The molecule has 0 saturated carbocycles. The Morgan fingerprint density at radius 3 is 1.90 bits per heavy atom. The van der Waals surface area contributed by atoms with E-state index in [1.165, 1.54) is 0 Å². The number of aliphatic hydroxyl groups excluding tert-OH is 2. The Balaban J connectivity index is 2.15. The van der Waals surface area contributed by atoms with E-state index in [1.54, 1.807) is 48.5 Å². The molecule has 110 valence electrons. The van der Waals surface area contributed by atoms with Crippen LogP contribution in [0, 0.1) is 0 Å². The van der Waals surface area contributed by atoms with Crippen LogP contribution in [-0.2, 0) is 4.79 Å². The first-order chi connectivity index (χ1) is 9.97. The Hall–Kier alpha value is -2.37. The number of aromatic hydroxyl groups is 1. The van der Waals surface area contributed by atoms with Gasteiger partial charge in [0.05, 0.1) is 12.5 Å². The van der Waals surface area contributed by atoms with Crippen molar-refractivity contribution in [3.05, 3.63) is 54.1 Å². The maximum atomic E-state index is 10.7. The van der Waals surface area contributed by atoms with Crippen molar-refractivity contribution >= 4 is 5.91 Å². The highest BCUT2D eigenvalue weighted by atomic mass is 16.3. The number of rotatable bonds is 5. The fourth-order valence-electron chi connectivity index (χ4n) is 2.07. The average molecular weight is 287 g/mol. The van der Waals surface area contributed by atoms with Crippen LogP contribution in [0.1, 0.15) is 18.1 Å². The Labute approximate surface area is 122 Å². The van der Waals surface area contributed by atoms with Crippen LogP contribution in [0.3, 0.4) is 0 Å². The highest BCUT2D eigenvalue weighted by Crippen LogP contribution is 2.25. The third-order valence-corrected chi connectivity index (χ3v) is 3.23. The van der Waals surface area contributed by atoms with Crippen molar-refractivity contribution in [1.29, 1.82) is 0 Å². The molecule has 5 heteroatoms. The average Bonchev–Trinajstić information content (AvgIpc) is 2.47. The molecule has 0 saturated heterocycles. The van der Waals surface area contributed by atoms with Gasteiger partial charge in [-0.15, -0.1) is 0 Å². The lowest BCUT2D eigenvalue weighted by Crippen LogP contribution is -2.25. The van der Waals surface area contributed by atoms with Gasteiger partial charge in [-0.2, -0.15) is 0 Å². The molecular formula is C16H17NO4. The number of phenolic OH excluding ortho intramolecular Hbond substituents is 1. The Kier molecular flexibility index (Phi) is 4.57. The summed E-state index contributed by atoms with van der Waals surface area (Å²) >= 11 is 0. The van der Waals surface area contributed by atoms with Crippen LogP contribution in [0.5, 0.6) is 5.75 Å². The predicted octanol–water partition coefficient (Wildman–Crippen LogP) is 1.33. The largest absolute Gasteiger partial charge is 0.508 e. The number of hydrogen-bond donors (Lipinski definition) is 4. The summed E-state index contributed by atoms with van der Waals surface area (Å²) in [5, 5.41) is 28.9. The first-order valence-corrected chi connectivity index (χ1v) is 6.51. The summed E-state index contributed by atoms with van der Waals surface area (Å²) in [6.07, 6.45) is -2.67. The number of benzene rings is 2. The second kappa shape index (κ2) is 6.39. The monoisotopic (exact) mass is 287 g/mol. The minimum atomic E-state index is -1.22. The third kappa shape index (κ3) is 3.81. The van der Waals surface area contributed by atoms with E-state index in [0.29, 0.717) is 5.56 Å². The molecule has 2 atom stereocenters. The van der Waals surface area contributed by atoms with E-state index in [0.717, 1.165) is 11.1 Å². The maximum absolute atomic E-state index is 10.7. The van der Waals surface area contributed by atoms with Crippen LogP contribution in [-0.4, -0.2) is 27.3 Å². The molecule has 0 aromatic heterocycles. The molecule has 0 radical (unpaired) electrons. The number of nitrogens with two attached hydrogens (primary N) is 1. The number of carbonyl (C=O) groups is 1. The van der Waals surface area contributed by atoms with Crippen LogP contribution in [0.15, 0.2) is 48.5 Å². The molecule has 0 spiro atoms. The van der Waals surface area contributed by atoms with Crippen molar-refractivity contribution in [3.8, 4) is 16.9 Å². The van der Waals surface area contributed by atoms with E-state index >= 15 is 0 Å². The fourth-order valence-corrected chi connectivity index (χ4v) is 2.07. The zero-order valence-corrected chi connectivity index (χ0v) is 11.3. The van der Waals surface area contributed by atoms with E-state index < -0.39 is 18.1 Å². The molecule has 0 aliphatic heterocycles. The second-order valence-electron chi connectivity index (χ2n) is 4.85. The molecule has 2 unspecified atom stereocenters. The summed E-state index contributed by atoms with van der Waals surface area (Å²) in [6.45, 7) is 0. The first-order valence-electron chi connectivity index (χ1n) is 6.51. The molecule has 2 rings (SSSR count). The van der Waals surface area contributed by atoms with Gasteiger partial charge in [0.15, 0.2) is 0 Å². The molecular weight excluding hydrogens is 270 g/mol. The van der Waals surface area contributed by atoms with Gasteiger partial charge < -0.3 is 21.1 Å². The number of primary amides is 1. The van der Waals surface area contributed by atoms with Crippen LogP contribution in [0.4, 0.5) is 0 Å². The van der Waals surface area contributed by atoms with Crippen molar-refractivity contribution < 1.29 is 20.1 Å². The van der Waals surface area contributed by atoms with Crippen molar-refractivity contribution in [2.75, 3.05) is 0 Å². The van der Waals surface area contributed by atoms with Gasteiger partial charge in [-0.25, -0.2) is 0 Å². The summed E-state index contributed by atoms with van der Waals surface area (Å²) in [5.41, 5.74) is 7.33. The van der Waals surface area contributed by atoms with Crippen molar-refractivity contribution in [1.82, 2.24) is 0 Å². The van der Waals surface area contributed by atoms with Gasteiger partial charge in [0.2, 0.25) is 5.91 Å². The van der Waals surface area contributed by atoms with Gasteiger partial charge in [-0.1, -0.05) is 36.4 Å². The van der Waals surface area contributed by atoms with Crippen molar-refractivity contribution in [2.24, 2.45) is 5.73 Å². The Morgan fingerprint density at radius 1 is 0.952 bits per heavy atom. The highest BCUT2D eigenvalue weighted by molar-refractivity contribution is 5.74. The Bertz CT molecular complexity index is 607. The summed E-state index contributed by atoms with van der Waals surface area (Å²) in [5.74, 6) is -0.470. The summed E-state index contributed by atoms with van der Waals surface area (Å²) < 4.78 is 0. The summed E-state index contributed by atoms with van der Waals surface area (Å²) in [6, 6.07) is 13.7. The molecule has 5 nitrogen and oxygen atoms in total. The van der Waals surface area contributed by atoms with E-state index in [4.69, 9.17) is 5.73 Å². The lowest BCUT2D eigenvalue weighted by atomic mass is 9.98. The number of carbonyl (C=O) groups excluding carboxylic acids is 1. The molecule has 1 amide bonds. The van der Waals surface area contributed by atoms with E-state index in [-0.39, 0.29) is 12.2 Å². The molecule has 2 aromatic carbocycles. The highest BCUT2D eigenvalue weighted by Gasteiger charge is 2.20. The number of amides is 1. The molecule has 5 N–H and O–H groups in total. The van der Waals surface area contributed by atoms with Crippen LogP contribution < -0.4 is 5.73 Å².